The third kappa shape index (κ3) is 3.98. The number of aromatic nitrogens is 1. The summed E-state index contributed by atoms with van der Waals surface area (Å²) < 4.78 is 0. The summed E-state index contributed by atoms with van der Waals surface area (Å²) in [5.74, 6) is 3.45. The van der Waals surface area contributed by atoms with Gasteiger partial charge in [0, 0.05) is 18.0 Å². The van der Waals surface area contributed by atoms with E-state index in [1.165, 1.54) is 37.0 Å². The zero-order valence-electron chi connectivity index (χ0n) is 20.5. The topological polar surface area (TPSA) is 82.5 Å². The number of aliphatic hydroxyl groups is 2. The molecule has 10 atom stereocenters. The fourth-order valence-corrected chi connectivity index (χ4v) is 9.73. The minimum atomic E-state index is -0.259. The van der Waals surface area contributed by atoms with E-state index in [2.05, 4.69) is 31.1 Å². The molecular formula is C27H42N2O3S. The van der Waals surface area contributed by atoms with Crippen molar-refractivity contribution in [1.29, 1.82) is 0 Å². The lowest BCUT2D eigenvalue weighted by Gasteiger charge is -2.62. The maximum Gasteiger partial charge on any atom is 0.226 e. The molecule has 1 heterocycles. The van der Waals surface area contributed by atoms with Crippen LogP contribution in [-0.4, -0.2) is 33.3 Å². The van der Waals surface area contributed by atoms with Crippen LogP contribution in [0.5, 0.6) is 0 Å². The van der Waals surface area contributed by atoms with E-state index in [9.17, 15) is 15.0 Å². The van der Waals surface area contributed by atoms with E-state index in [-0.39, 0.29) is 28.9 Å². The molecule has 0 saturated heterocycles. The summed E-state index contributed by atoms with van der Waals surface area (Å²) in [5, 5.41) is 27.4. The maximum absolute atomic E-state index is 12.4. The molecule has 4 aliphatic carbocycles. The van der Waals surface area contributed by atoms with Gasteiger partial charge in [-0.25, -0.2) is 4.98 Å². The van der Waals surface area contributed by atoms with Crippen LogP contribution in [0.4, 0.5) is 5.13 Å². The van der Waals surface area contributed by atoms with Crippen molar-refractivity contribution < 1.29 is 15.0 Å². The number of aliphatic hydroxyl groups excluding tert-OH is 2. The zero-order chi connectivity index (χ0) is 23.4. The monoisotopic (exact) mass is 474 g/mol. The number of fused-ring (bicyclic) bond motifs is 5. The molecule has 1 aromatic heterocycles. The highest BCUT2D eigenvalue weighted by atomic mass is 32.1. The second-order valence-electron chi connectivity index (χ2n) is 12.3. The van der Waals surface area contributed by atoms with Crippen molar-refractivity contribution in [2.24, 2.45) is 46.3 Å². The van der Waals surface area contributed by atoms with Crippen molar-refractivity contribution in [2.75, 3.05) is 5.32 Å². The average molecular weight is 475 g/mol. The smallest absolute Gasteiger partial charge is 0.226 e. The number of nitrogens with zero attached hydrogens (tertiary/aromatic N) is 1. The lowest BCUT2D eigenvalue weighted by molar-refractivity contribution is -0.174. The predicted molar refractivity (Wildman–Crippen MR) is 132 cm³/mol. The van der Waals surface area contributed by atoms with E-state index >= 15 is 0 Å². The van der Waals surface area contributed by atoms with Crippen LogP contribution in [0, 0.1) is 46.3 Å². The van der Waals surface area contributed by atoms with E-state index in [0.29, 0.717) is 47.1 Å². The van der Waals surface area contributed by atoms with Crippen LogP contribution >= 0.6 is 11.3 Å². The highest BCUT2D eigenvalue weighted by Gasteiger charge is 2.63. The lowest BCUT2D eigenvalue weighted by atomic mass is 9.43. The molecule has 4 fully saturated rings. The number of anilines is 1. The Labute approximate surface area is 202 Å². The fourth-order valence-electron chi connectivity index (χ4n) is 9.19. The molecule has 0 aromatic carbocycles. The van der Waals surface area contributed by atoms with Crippen LogP contribution in [0.1, 0.15) is 85.0 Å². The molecule has 3 N–H and O–H groups in total. The molecule has 4 aliphatic rings. The summed E-state index contributed by atoms with van der Waals surface area (Å²) in [7, 11) is 0. The van der Waals surface area contributed by atoms with Crippen LogP contribution in [-0.2, 0) is 4.79 Å². The van der Waals surface area contributed by atoms with Crippen molar-refractivity contribution in [3.63, 3.8) is 0 Å². The van der Waals surface area contributed by atoms with Gasteiger partial charge in [0.15, 0.2) is 5.13 Å². The van der Waals surface area contributed by atoms with Gasteiger partial charge in [-0.05, 0) is 104 Å². The Morgan fingerprint density at radius 3 is 2.76 bits per heavy atom. The normalized spacial score (nSPS) is 45.5. The van der Waals surface area contributed by atoms with Crippen LogP contribution in [0.2, 0.25) is 0 Å². The van der Waals surface area contributed by atoms with Gasteiger partial charge in [-0.3, -0.25) is 4.79 Å². The molecule has 0 radical (unpaired) electrons. The number of carbonyl (C=O) groups excluding carboxylic acids is 1. The quantitative estimate of drug-likeness (QED) is 0.527. The molecule has 0 spiro atoms. The van der Waals surface area contributed by atoms with Crippen LogP contribution in [0.25, 0.3) is 0 Å². The highest BCUT2D eigenvalue weighted by Crippen LogP contribution is 2.68. The van der Waals surface area contributed by atoms with Gasteiger partial charge in [0.25, 0.3) is 0 Å². The molecule has 184 valence electrons. The van der Waals surface area contributed by atoms with Gasteiger partial charge in [-0.2, -0.15) is 0 Å². The summed E-state index contributed by atoms with van der Waals surface area (Å²) >= 11 is 1.45. The molecule has 33 heavy (non-hydrogen) atoms. The fraction of sp³-hybridized carbons (Fsp3) is 0.852. The number of carbonyl (C=O) groups is 1. The van der Waals surface area contributed by atoms with Crippen molar-refractivity contribution >= 4 is 22.4 Å². The number of thiazole rings is 1. The molecule has 1 amide bonds. The largest absolute Gasteiger partial charge is 0.393 e. The van der Waals surface area contributed by atoms with Gasteiger partial charge in [0.05, 0.1) is 12.2 Å². The second kappa shape index (κ2) is 8.91. The molecule has 4 saturated carbocycles. The minimum Gasteiger partial charge on any atom is -0.393 e. The zero-order valence-corrected chi connectivity index (χ0v) is 21.3. The first-order valence-electron chi connectivity index (χ1n) is 13.3. The van der Waals surface area contributed by atoms with Gasteiger partial charge in [-0.15, -0.1) is 11.3 Å². The maximum atomic E-state index is 12.4. The number of nitrogens with one attached hydrogen (secondary N) is 1. The molecule has 5 nitrogen and oxygen atoms in total. The van der Waals surface area contributed by atoms with Gasteiger partial charge in [0.1, 0.15) is 0 Å². The number of hydrogen-bond donors (Lipinski definition) is 3. The number of hydrogen-bond acceptors (Lipinski definition) is 5. The van der Waals surface area contributed by atoms with Crippen molar-refractivity contribution in [2.45, 2.75) is 97.2 Å². The molecular weight excluding hydrogens is 432 g/mol. The third-order valence-electron chi connectivity index (χ3n) is 11.0. The highest BCUT2D eigenvalue weighted by molar-refractivity contribution is 7.13. The Balaban J connectivity index is 1.27. The summed E-state index contributed by atoms with van der Waals surface area (Å²) in [6, 6.07) is 0. The Morgan fingerprint density at radius 1 is 1.18 bits per heavy atom. The Hall–Kier alpha value is -0.980. The van der Waals surface area contributed by atoms with E-state index < -0.39 is 0 Å². The van der Waals surface area contributed by atoms with E-state index in [4.69, 9.17) is 0 Å². The van der Waals surface area contributed by atoms with Gasteiger partial charge >= 0.3 is 0 Å². The summed E-state index contributed by atoms with van der Waals surface area (Å²) in [6.45, 7) is 7.15. The second-order valence-corrected chi connectivity index (χ2v) is 13.2. The summed E-state index contributed by atoms with van der Waals surface area (Å²) in [6.07, 6.45) is 11.5. The minimum absolute atomic E-state index is 0.0380. The first-order chi connectivity index (χ1) is 15.7. The number of rotatable bonds is 5. The Kier molecular flexibility index (Phi) is 6.41. The summed E-state index contributed by atoms with van der Waals surface area (Å²) in [5.41, 5.74) is 0.242. The predicted octanol–water partition coefficient (Wildman–Crippen LogP) is 5.49. The van der Waals surface area contributed by atoms with E-state index in [0.717, 1.165) is 32.1 Å². The van der Waals surface area contributed by atoms with Gasteiger partial charge in [-0.1, -0.05) is 20.8 Å². The standard InChI is InChI=1S/C27H42N2O3S/c1-16(4-9-24(32)29-25-28-12-13-33-25)20-7-8-21-19-6-5-17-14-18(30)10-11-26(17,2)22(19)15-23(31)27(20,21)3/h12-13,16-23,30-31H,4-11,14-15H2,1-3H3,(H,28,29,32). The Bertz CT molecular complexity index is 846. The molecule has 0 aliphatic heterocycles. The molecule has 0 bridgehead atoms. The van der Waals surface area contributed by atoms with E-state index in [1.807, 2.05) is 5.38 Å². The van der Waals surface area contributed by atoms with Gasteiger partial charge in [0.2, 0.25) is 5.91 Å². The lowest BCUT2D eigenvalue weighted by Crippen LogP contribution is -2.58. The van der Waals surface area contributed by atoms with Crippen molar-refractivity contribution in [3.8, 4) is 0 Å². The first-order valence-corrected chi connectivity index (χ1v) is 14.2. The summed E-state index contributed by atoms with van der Waals surface area (Å²) in [4.78, 5) is 16.6. The van der Waals surface area contributed by atoms with Crippen LogP contribution in [0.3, 0.4) is 0 Å². The van der Waals surface area contributed by atoms with Crippen molar-refractivity contribution in [3.05, 3.63) is 11.6 Å². The Morgan fingerprint density at radius 2 is 2.00 bits per heavy atom. The average Bonchev–Trinajstić information content (AvgIpc) is 3.41. The van der Waals surface area contributed by atoms with E-state index in [1.54, 1.807) is 6.20 Å². The molecule has 10 unspecified atom stereocenters. The SMILES string of the molecule is CC(CCC(=O)Nc1nccs1)C1CCC2C3CCC4CC(O)CCC4(C)C3CC(O)C12C. The van der Waals surface area contributed by atoms with Crippen LogP contribution < -0.4 is 5.32 Å². The number of amides is 1. The third-order valence-corrected chi connectivity index (χ3v) is 11.7. The molecule has 6 heteroatoms. The first kappa shape index (κ1) is 23.7. The van der Waals surface area contributed by atoms with Crippen LogP contribution in [0.15, 0.2) is 11.6 Å². The molecule has 1 aromatic rings. The van der Waals surface area contributed by atoms with Crippen molar-refractivity contribution in [1.82, 2.24) is 4.98 Å². The van der Waals surface area contributed by atoms with Gasteiger partial charge < -0.3 is 15.5 Å². The molecule has 5 rings (SSSR count).